The van der Waals surface area contributed by atoms with E-state index in [-0.39, 0.29) is 42.0 Å². The fraction of sp³-hybridized carbons (Fsp3) is 0.385. The molecule has 2 amide bonds. The fourth-order valence-electron chi connectivity index (χ4n) is 4.33. The maximum atomic E-state index is 13.4. The lowest BCUT2D eigenvalue weighted by molar-refractivity contribution is -0.118. The number of benzene rings is 2. The number of Topliss-reactive ketones (excluding diaryl/α,β-unsaturated/α-hetero) is 1. The highest BCUT2D eigenvalue weighted by molar-refractivity contribution is 6.08. The molecule has 0 atom stereocenters. The first-order valence-electron chi connectivity index (χ1n) is 11.5. The van der Waals surface area contributed by atoms with Crippen molar-refractivity contribution in [2.24, 2.45) is 0 Å². The molecule has 9 nitrogen and oxygen atoms in total. The quantitative estimate of drug-likeness (QED) is 0.549. The first-order chi connectivity index (χ1) is 16.5. The van der Waals surface area contributed by atoms with Gasteiger partial charge < -0.3 is 25.0 Å². The maximum Gasteiger partial charge on any atom is 0.262 e. The molecule has 0 unspecified atom stereocenters. The summed E-state index contributed by atoms with van der Waals surface area (Å²) in [6.45, 7) is 8.56. The molecule has 35 heavy (non-hydrogen) atoms. The minimum atomic E-state index is -0.315. The van der Waals surface area contributed by atoms with Crippen LogP contribution in [0.3, 0.4) is 0 Å². The molecule has 0 saturated heterocycles. The van der Waals surface area contributed by atoms with Crippen LogP contribution in [0, 0.1) is 5.41 Å². The molecular weight excluding hydrogens is 448 g/mol. The Morgan fingerprint density at radius 1 is 1.23 bits per heavy atom. The van der Waals surface area contributed by atoms with E-state index in [9.17, 15) is 14.4 Å². The van der Waals surface area contributed by atoms with Crippen molar-refractivity contribution in [2.75, 3.05) is 32.1 Å². The van der Waals surface area contributed by atoms with Crippen LogP contribution < -0.4 is 20.1 Å². The van der Waals surface area contributed by atoms with E-state index >= 15 is 0 Å². The standard InChI is InChI=1S/C26H30N4O5/c1-6-34-21-9-15-11-30(24(27)16(15)10-17(21)25(33)28-5)12-20(31)14-7-18(26(2,3)4)23-19(8-14)29-22(32)13-35-23/h7-10,27H,6,11-13H2,1-5H3,(H,28,33)(H,29,32). The summed E-state index contributed by atoms with van der Waals surface area (Å²) >= 11 is 0. The van der Waals surface area contributed by atoms with Gasteiger partial charge in [-0.05, 0) is 42.2 Å². The molecule has 0 aromatic heterocycles. The van der Waals surface area contributed by atoms with E-state index in [1.54, 1.807) is 30.1 Å². The van der Waals surface area contributed by atoms with Crippen molar-refractivity contribution < 1.29 is 23.9 Å². The number of anilines is 1. The summed E-state index contributed by atoms with van der Waals surface area (Å²) in [5.74, 6) is 0.453. The van der Waals surface area contributed by atoms with Crippen molar-refractivity contribution >= 4 is 29.1 Å². The van der Waals surface area contributed by atoms with Crippen molar-refractivity contribution in [3.8, 4) is 11.5 Å². The van der Waals surface area contributed by atoms with Gasteiger partial charge in [-0.1, -0.05) is 20.8 Å². The molecule has 184 valence electrons. The zero-order valence-electron chi connectivity index (χ0n) is 20.6. The number of ketones is 1. The Labute approximate surface area is 204 Å². The van der Waals surface area contributed by atoms with Crippen LogP contribution in [0.2, 0.25) is 0 Å². The molecule has 2 aromatic carbocycles. The van der Waals surface area contributed by atoms with Crippen LogP contribution >= 0.6 is 0 Å². The lowest BCUT2D eigenvalue weighted by atomic mass is 9.84. The fourth-order valence-corrected chi connectivity index (χ4v) is 4.33. The van der Waals surface area contributed by atoms with Gasteiger partial charge in [0.15, 0.2) is 12.4 Å². The molecule has 2 aliphatic heterocycles. The summed E-state index contributed by atoms with van der Waals surface area (Å²) in [7, 11) is 1.54. The predicted octanol–water partition coefficient (Wildman–Crippen LogP) is 3.10. The third kappa shape index (κ3) is 4.58. The van der Waals surface area contributed by atoms with Crippen molar-refractivity contribution in [1.29, 1.82) is 5.41 Å². The van der Waals surface area contributed by atoms with Gasteiger partial charge in [0.05, 0.1) is 24.4 Å². The van der Waals surface area contributed by atoms with Gasteiger partial charge in [-0.3, -0.25) is 19.8 Å². The summed E-state index contributed by atoms with van der Waals surface area (Å²) in [5.41, 5.74) is 3.20. The van der Waals surface area contributed by atoms with Crippen LogP contribution in [0.15, 0.2) is 24.3 Å². The Morgan fingerprint density at radius 2 is 1.97 bits per heavy atom. The van der Waals surface area contributed by atoms with Crippen LogP contribution in [0.1, 0.15) is 65.1 Å². The van der Waals surface area contributed by atoms with Crippen molar-refractivity contribution in [1.82, 2.24) is 10.2 Å². The van der Waals surface area contributed by atoms with E-state index in [1.807, 2.05) is 33.8 Å². The Morgan fingerprint density at radius 3 is 2.63 bits per heavy atom. The third-order valence-electron chi connectivity index (χ3n) is 6.08. The predicted molar refractivity (Wildman–Crippen MR) is 132 cm³/mol. The second-order valence-corrected chi connectivity index (χ2v) is 9.63. The second kappa shape index (κ2) is 9.05. The second-order valence-electron chi connectivity index (χ2n) is 9.63. The van der Waals surface area contributed by atoms with Crippen molar-refractivity contribution in [3.63, 3.8) is 0 Å². The zero-order valence-corrected chi connectivity index (χ0v) is 20.6. The van der Waals surface area contributed by atoms with Crippen molar-refractivity contribution in [3.05, 3.63) is 52.1 Å². The van der Waals surface area contributed by atoms with Gasteiger partial charge >= 0.3 is 0 Å². The van der Waals surface area contributed by atoms with Crippen LogP contribution in [-0.4, -0.2) is 55.1 Å². The van der Waals surface area contributed by atoms with Gasteiger partial charge in [-0.25, -0.2) is 0 Å². The number of ether oxygens (including phenoxy) is 2. The van der Waals surface area contributed by atoms with E-state index in [0.29, 0.717) is 47.0 Å². The van der Waals surface area contributed by atoms with Gasteiger partial charge in [-0.15, -0.1) is 0 Å². The highest BCUT2D eigenvalue weighted by Crippen LogP contribution is 2.40. The smallest absolute Gasteiger partial charge is 0.262 e. The van der Waals surface area contributed by atoms with E-state index < -0.39 is 0 Å². The van der Waals surface area contributed by atoms with E-state index in [1.165, 1.54) is 0 Å². The van der Waals surface area contributed by atoms with Crippen LogP contribution in [-0.2, 0) is 16.8 Å². The molecule has 0 aliphatic carbocycles. The Balaban J connectivity index is 1.63. The van der Waals surface area contributed by atoms with Crippen LogP contribution in [0.4, 0.5) is 5.69 Å². The number of carbonyl (C=O) groups excluding carboxylic acids is 3. The van der Waals surface area contributed by atoms with E-state index in [0.717, 1.165) is 11.1 Å². The molecule has 3 N–H and O–H groups in total. The van der Waals surface area contributed by atoms with Gasteiger partial charge in [-0.2, -0.15) is 0 Å². The number of hydrogen-bond acceptors (Lipinski definition) is 6. The Kier molecular flexibility index (Phi) is 6.27. The minimum absolute atomic E-state index is 0.0238. The summed E-state index contributed by atoms with van der Waals surface area (Å²) in [5, 5.41) is 14.1. The third-order valence-corrected chi connectivity index (χ3v) is 6.08. The number of nitrogens with one attached hydrogen (secondary N) is 3. The van der Waals surface area contributed by atoms with Crippen LogP contribution in [0.5, 0.6) is 11.5 Å². The van der Waals surface area contributed by atoms with Gasteiger partial charge in [0, 0.05) is 30.3 Å². The molecular formula is C26H30N4O5. The molecule has 4 rings (SSSR count). The zero-order chi connectivity index (χ0) is 25.5. The molecule has 0 fully saturated rings. The normalized spacial score (nSPS) is 14.6. The molecule has 2 aliphatic rings. The number of nitrogens with zero attached hydrogens (tertiary/aromatic N) is 1. The number of carbonyl (C=O) groups is 3. The average molecular weight is 479 g/mol. The Hall–Kier alpha value is -3.88. The number of amides is 2. The van der Waals surface area contributed by atoms with Gasteiger partial charge in [0.2, 0.25) is 0 Å². The SMILES string of the molecule is CCOc1cc2c(cc1C(=O)NC)C(=N)N(CC(=O)c1cc3c(c(C(C)(C)C)c1)OCC(=O)N3)C2. The topological polar surface area (TPSA) is 121 Å². The number of rotatable bonds is 6. The van der Waals surface area contributed by atoms with Crippen molar-refractivity contribution in [2.45, 2.75) is 39.7 Å². The minimum Gasteiger partial charge on any atom is -0.493 e. The molecule has 0 spiro atoms. The first kappa shape index (κ1) is 24.3. The largest absolute Gasteiger partial charge is 0.493 e. The molecule has 0 saturated carbocycles. The lowest BCUT2D eigenvalue weighted by Gasteiger charge is -2.28. The Bertz CT molecular complexity index is 1250. The van der Waals surface area contributed by atoms with Gasteiger partial charge in [0.25, 0.3) is 11.8 Å². The average Bonchev–Trinajstić information content (AvgIpc) is 3.10. The number of hydrogen-bond donors (Lipinski definition) is 3. The molecule has 9 heteroatoms. The monoisotopic (exact) mass is 478 g/mol. The van der Waals surface area contributed by atoms with E-state index in [2.05, 4.69) is 10.6 Å². The molecule has 0 bridgehead atoms. The van der Waals surface area contributed by atoms with Gasteiger partial charge in [0.1, 0.15) is 17.3 Å². The highest BCUT2D eigenvalue weighted by atomic mass is 16.5. The molecule has 2 heterocycles. The lowest BCUT2D eigenvalue weighted by Crippen LogP contribution is -2.31. The summed E-state index contributed by atoms with van der Waals surface area (Å²) in [6, 6.07) is 6.86. The highest BCUT2D eigenvalue weighted by Gasteiger charge is 2.31. The molecule has 2 aromatic rings. The van der Waals surface area contributed by atoms with E-state index in [4.69, 9.17) is 14.9 Å². The number of amidine groups is 1. The number of fused-ring (bicyclic) bond motifs is 2. The molecule has 0 radical (unpaired) electrons. The summed E-state index contributed by atoms with van der Waals surface area (Å²) in [4.78, 5) is 39.3. The first-order valence-corrected chi connectivity index (χ1v) is 11.5. The van der Waals surface area contributed by atoms with Crippen LogP contribution in [0.25, 0.3) is 0 Å². The maximum absolute atomic E-state index is 13.4. The summed E-state index contributed by atoms with van der Waals surface area (Å²) in [6.07, 6.45) is 0. The summed E-state index contributed by atoms with van der Waals surface area (Å²) < 4.78 is 11.3.